The summed E-state index contributed by atoms with van der Waals surface area (Å²) in [6.45, 7) is 7.36. The van der Waals surface area contributed by atoms with Gasteiger partial charge in [-0.1, -0.05) is 42.3 Å². The fraction of sp³-hybridized carbons (Fsp3) is 0.294. The molecule has 2 aromatic rings. The molecule has 2 rings (SSSR count). The van der Waals surface area contributed by atoms with Gasteiger partial charge in [0.2, 0.25) is 0 Å². The Hall–Kier alpha value is -1.12. The number of nitrogens with zero attached hydrogens (tertiary/aromatic N) is 1. The summed E-state index contributed by atoms with van der Waals surface area (Å²) in [6, 6.07) is 14.8. The van der Waals surface area contributed by atoms with E-state index in [2.05, 4.69) is 55.4 Å². The summed E-state index contributed by atoms with van der Waals surface area (Å²) in [6.07, 6.45) is 0.944. The Morgan fingerprint density at radius 2 is 1.75 bits per heavy atom. The van der Waals surface area contributed by atoms with Crippen LogP contribution >= 0.6 is 23.5 Å². The van der Waals surface area contributed by atoms with Gasteiger partial charge in [0.05, 0.1) is 5.69 Å². The van der Waals surface area contributed by atoms with Gasteiger partial charge in [0.1, 0.15) is 0 Å². The Bertz CT molecular complexity index is 566. The van der Waals surface area contributed by atoms with E-state index in [0.717, 1.165) is 18.0 Å². The number of benzene rings is 2. The summed E-state index contributed by atoms with van der Waals surface area (Å²) in [5.41, 5.74) is 3.72. The molecule has 0 aliphatic carbocycles. The standard InChI is InChI=1S/C17H20ClNS/c1-4-15-16(18)7-6-8-17(15)19(5-2)20-14-11-9-13(3)10-12-14/h6-12H,4-5H2,1-3H3. The van der Waals surface area contributed by atoms with Crippen molar-refractivity contribution in [1.29, 1.82) is 0 Å². The fourth-order valence-corrected chi connectivity index (χ4v) is 3.36. The van der Waals surface area contributed by atoms with E-state index >= 15 is 0 Å². The van der Waals surface area contributed by atoms with Crippen molar-refractivity contribution in [3.63, 3.8) is 0 Å². The molecule has 0 fully saturated rings. The summed E-state index contributed by atoms with van der Waals surface area (Å²) in [5.74, 6) is 0. The highest BCUT2D eigenvalue weighted by molar-refractivity contribution is 8.00. The van der Waals surface area contributed by atoms with Crippen LogP contribution in [0.3, 0.4) is 0 Å². The molecule has 0 amide bonds. The van der Waals surface area contributed by atoms with Crippen LogP contribution in [0.15, 0.2) is 47.4 Å². The number of rotatable bonds is 5. The van der Waals surface area contributed by atoms with Crippen molar-refractivity contribution in [2.24, 2.45) is 0 Å². The monoisotopic (exact) mass is 305 g/mol. The van der Waals surface area contributed by atoms with Crippen molar-refractivity contribution in [3.8, 4) is 0 Å². The van der Waals surface area contributed by atoms with Crippen LogP contribution in [0.1, 0.15) is 25.0 Å². The van der Waals surface area contributed by atoms with E-state index in [0.29, 0.717) is 0 Å². The zero-order valence-corrected chi connectivity index (χ0v) is 13.8. The van der Waals surface area contributed by atoms with E-state index in [-0.39, 0.29) is 0 Å². The molecule has 0 saturated heterocycles. The van der Waals surface area contributed by atoms with Crippen molar-refractivity contribution in [2.45, 2.75) is 32.1 Å². The topological polar surface area (TPSA) is 3.24 Å². The van der Waals surface area contributed by atoms with Gasteiger partial charge >= 0.3 is 0 Å². The van der Waals surface area contributed by atoms with Gasteiger partial charge < -0.3 is 4.31 Å². The molecule has 0 bridgehead atoms. The first kappa shape index (κ1) is 15.3. The normalized spacial score (nSPS) is 10.6. The minimum Gasteiger partial charge on any atom is -0.312 e. The SMILES string of the molecule is CCc1c(Cl)cccc1N(CC)Sc1ccc(C)cc1. The number of aryl methyl sites for hydroxylation is 1. The maximum Gasteiger partial charge on any atom is 0.0519 e. The molecule has 0 spiro atoms. The average molecular weight is 306 g/mol. The molecule has 0 atom stereocenters. The zero-order chi connectivity index (χ0) is 14.5. The molecule has 0 N–H and O–H groups in total. The fourth-order valence-electron chi connectivity index (χ4n) is 2.14. The number of halogens is 1. The van der Waals surface area contributed by atoms with Gasteiger partial charge in [-0.25, -0.2) is 0 Å². The van der Waals surface area contributed by atoms with Gasteiger partial charge in [-0.05, 0) is 62.0 Å². The number of hydrogen-bond acceptors (Lipinski definition) is 2. The van der Waals surface area contributed by atoms with E-state index in [1.807, 2.05) is 12.1 Å². The molecular weight excluding hydrogens is 286 g/mol. The van der Waals surface area contributed by atoms with Crippen molar-refractivity contribution in [2.75, 3.05) is 10.8 Å². The van der Waals surface area contributed by atoms with Crippen molar-refractivity contribution in [3.05, 3.63) is 58.6 Å². The summed E-state index contributed by atoms with van der Waals surface area (Å²) in [4.78, 5) is 1.25. The second-order valence-corrected chi connectivity index (χ2v) is 6.19. The van der Waals surface area contributed by atoms with Crippen LogP contribution in [0.5, 0.6) is 0 Å². The predicted molar refractivity (Wildman–Crippen MR) is 90.9 cm³/mol. The van der Waals surface area contributed by atoms with E-state index < -0.39 is 0 Å². The van der Waals surface area contributed by atoms with E-state index in [9.17, 15) is 0 Å². The van der Waals surface area contributed by atoms with Crippen LogP contribution in [0, 0.1) is 6.92 Å². The molecule has 0 heterocycles. The first-order valence-electron chi connectivity index (χ1n) is 6.95. The summed E-state index contributed by atoms with van der Waals surface area (Å²) in [7, 11) is 0. The van der Waals surface area contributed by atoms with Gasteiger partial charge in [0.25, 0.3) is 0 Å². The van der Waals surface area contributed by atoms with Crippen molar-refractivity contribution in [1.82, 2.24) is 0 Å². The molecule has 0 aromatic heterocycles. The van der Waals surface area contributed by atoms with Gasteiger partial charge in [-0.2, -0.15) is 0 Å². The molecule has 3 heteroatoms. The highest BCUT2D eigenvalue weighted by Crippen LogP contribution is 2.34. The van der Waals surface area contributed by atoms with E-state index in [4.69, 9.17) is 11.6 Å². The maximum absolute atomic E-state index is 6.32. The van der Waals surface area contributed by atoms with Crippen LogP contribution in [0.25, 0.3) is 0 Å². The van der Waals surface area contributed by atoms with Gasteiger partial charge in [-0.3, -0.25) is 0 Å². The Morgan fingerprint density at radius 1 is 1.05 bits per heavy atom. The van der Waals surface area contributed by atoms with Crippen LogP contribution in [0.4, 0.5) is 5.69 Å². The first-order valence-corrected chi connectivity index (χ1v) is 8.10. The van der Waals surface area contributed by atoms with Gasteiger partial charge in [0.15, 0.2) is 0 Å². The predicted octanol–water partition coefficient (Wildman–Crippen LogP) is 5.74. The maximum atomic E-state index is 6.32. The zero-order valence-electron chi connectivity index (χ0n) is 12.2. The summed E-state index contributed by atoms with van der Waals surface area (Å²) >= 11 is 8.08. The molecule has 1 nitrogen and oxygen atoms in total. The Kier molecular flexibility index (Phi) is 5.38. The smallest absolute Gasteiger partial charge is 0.0519 e. The second-order valence-electron chi connectivity index (χ2n) is 4.69. The Balaban J connectivity index is 2.28. The summed E-state index contributed by atoms with van der Waals surface area (Å²) < 4.78 is 2.30. The van der Waals surface area contributed by atoms with Gasteiger partial charge in [0, 0.05) is 16.5 Å². The Morgan fingerprint density at radius 3 is 2.35 bits per heavy atom. The van der Waals surface area contributed by atoms with Crippen LogP contribution < -0.4 is 4.31 Å². The number of anilines is 1. The third kappa shape index (κ3) is 3.50. The summed E-state index contributed by atoms with van der Waals surface area (Å²) in [5, 5.41) is 0.855. The largest absolute Gasteiger partial charge is 0.312 e. The second kappa shape index (κ2) is 7.05. The minimum atomic E-state index is 0.855. The highest BCUT2D eigenvalue weighted by atomic mass is 35.5. The molecule has 2 aromatic carbocycles. The minimum absolute atomic E-state index is 0.855. The quantitative estimate of drug-likeness (QED) is 0.648. The van der Waals surface area contributed by atoms with Crippen LogP contribution in [-0.4, -0.2) is 6.54 Å². The van der Waals surface area contributed by atoms with Crippen molar-refractivity contribution >= 4 is 29.2 Å². The van der Waals surface area contributed by atoms with Crippen LogP contribution in [0.2, 0.25) is 5.02 Å². The average Bonchev–Trinajstić information content (AvgIpc) is 2.46. The third-order valence-electron chi connectivity index (χ3n) is 3.24. The van der Waals surface area contributed by atoms with Crippen molar-refractivity contribution < 1.29 is 0 Å². The first-order chi connectivity index (χ1) is 9.65. The molecule has 0 aliphatic heterocycles. The van der Waals surface area contributed by atoms with Crippen LogP contribution in [-0.2, 0) is 6.42 Å². The Labute approximate surface area is 131 Å². The highest BCUT2D eigenvalue weighted by Gasteiger charge is 2.12. The molecular formula is C17H20ClNS. The lowest BCUT2D eigenvalue weighted by atomic mass is 10.1. The molecule has 0 saturated carbocycles. The molecule has 0 unspecified atom stereocenters. The lowest BCUT2D eigenvalue weighted by Crippen LogP contribution is -2.15. The molecule has 0 aliphatic rings. The lowest BCUT2D eigenvalue weighted by molar-refractivity contribution is 1.06. The molecule has 20 heavy (non-hydrogen) atoms. The van der Waals surface area contributed by atoms with E-state index in [1.165, 1.54) is 21.7 Å². The molecule has 106 valence electrons. The number of hydrogen-bond donors (Lipinski definition) is 0. The van der Waals surface area contributed by atoms with Gasteiger partial charge in [-0.15, -0.1) is 0 Å². The van der Waals surface area contributed by atoms with E-state index in [1.54, 1.807) is 11.9 Å². The lowest BCUT2D eigenvalue weighted by Gasteiger charge is -2.24. The molecule has 0 radical (unpaired) electrons. The third-order valence-corrected chi connectivity index (χ3v) is 4.75.